The molecule has 5 nitrogen and oxygen atoms in total. The Morgan fingerprint density at radius 3 is 2.43 bits per heavy atom. The van der Waals surface area contributed by atoms with Crippen LogP contribution in [0.5, 0.6) is 0 Å². The molecule has 0 saturated carbocycles. The molecule has 1 aliphatic rings. The number of halogens is 1. The van der Waals surface area contributed by atoms with Gasteiger partial charge in [0, 0.05) is 36.9 Å². The Morgan fingerprint density at radius 2 is 1.68 bits per heavy atom. The average molecular weight is 414 g/mol. The standard InChI is InChI=1S/C21H24ClN5S/c1-16-5-3-4-6-19(16)26-14-23-27(21(26)28)15-24-9-11-25(12-10-24)20-13-18(22)8-7-17(20)2/h3-8,13-14H,9-12,15H2,1-2H3. The zero-order chi connectivity index (χ0) is 19.7. The fraction of sp³-hybridized carbons (Fsp3) is 0.333. The third-order valence-corrected chi connectivity index (χ3v) is 5.97. The molecule has 146 valence electrons. The van der Waals surface area contributed by atoms with Gasteiger partial charge in [-0.15, -0.1) is 0 Å². The Hall–Kier alpha value is -2.15. The van der Waals surface area contributed by atoms with E-state index in [1.807, 2.05) is 33.8 Å². The van der Waals surface area contributed by atoms with Gasteiger partial charge in [-0.05, 0) is 55.4 Å². The molecule has 0 bridgehead atoms. The summed E-state index contributed by atoms with van der Waals surface area (Å²) in [5, 5.41) is 5.32. The Kier molecular flexibility index (Phi) is 5.53. The van der Waals surface area contributed by atoms with Crippen LogP contribution < -0.4 is 4.90 Å². The summed E-state index contributed by atoms with van der Waals surface area (Å²) in [6.45, 7) is 8.79. The van der Waals surface area contributed by atoms with Gasteiger partial charge in [-0.25, -0.2) is 4.68 Å². The quantitative estimate of drug-likeness (QED) is 0.591. The number of hydrogen-bond acceptors (Lipinski definition) is 4. The first kappa shape index (κ1) is 19.2. The number of anilines is 1. The molecule has 2 heterocycles. The molecule has 1 aliphatic heterocycles. The van der Waals surface area contributed by atoms with Crippen molar-refractivity contribution in [2.24, 2.45) is 0 Å². The average Bonchev–Trinajstić information content (AvgIpc) is 3.05. The molecule has 4 rings (SSSR count). The summed E-state index contributed by atoms with van der Waals surface area (Å²) in [7, 11) is 0. The molecule has 0 atom stereocenters. The molecule has 28 heavy (non-hydrogen) atoms. The van der Waals surface area contributed by atoms with Crippen LogP contribution in [0.2, 0.25) is 5.02 Å². The predicted molar refractivity (Wildman–Crippen MR) is 117 cm³/mol. The van der Waals surface area contributed by atoms with Crippen molar-refractivity contribution < 1.29 is 0 Å². The maximum Gasteiger partial charge on any atom is 0.203 e. The fourth-order valence-corrected chi connectivity index (χ4v) is 4.09. The van der Waals surface area contributed by atoms with Crippen molar-refractivity contribution in [3.05, 3.63) is 69.7 Å². The maximum atomic E-state index is 6.19. The molecular weight excluding hydrogens is 390 g/mol. The Morgan fingerprint density at radius 1 is 0.964 bits per heavy atom. The topological polar surface area (TPSA) is 29.2 Å². The third kappa shape index (κ3) is 3.85. The van der Waals surface area contributed by atoms with E-state index in [0.29, 0.717) is 6.67 Å². The molecule has 0 radical (unpaired) electrons. The van der Waals surface area contributed by atoms with Crippen molar-refractivity contribution in [1.29, 1.82) is 0 Å². The van der Waals surface area contributed by atoms with Gasteiger partial charge in [0.2, 0.25) is 4.77 Å². The lowest BCUT2D eigenvalue weighted by atomic mass is 10.1. The van der Waals surface area contributed by atoms with Crippen molar-refractivity contribution in [1.82, 2.24) is 19.2 Å². The highest BCUT2D eigenvalue weighted by molar-refractivity contribution is 7.71. The van der Waals surface area contributed by atoms with Gasteiger partial charge in [0.1, 0.15) is 6.33 Å². The van der Waals surface area contributed by atoms with Crippen LogP contribution in [-0.4, -0.2) is 45.4 Å². The SMILES string of the molecule is Cc1ccc(Cl)cc1N1CCN(Cn2ncn(-c3ccccc3C)c2=S)CC1. The van der Waals surface area contributed by atoms with E-state index in [1.165, 1.54) is 16.8 Å². The van der Waals surface area contributed by atoms with Crippen molar-refractivity contribution in [2.75, 3.05) is 31.1 Å². The zero-order valence-corrected chi connectivity index (χ0v) is 17.7. The number of nitrogens with zero attached hydrogens (tertiary/aromatic N) is 5. The van der Waals surface area contributed by atoms with Gasteiger partial charge in [-0.3, -0.25) is 9.47 Å². The normalized spacial score (nSPS) is 15.2. The van der Waals surface area contributed by atoms with Gasteiger partial charge >= 0.3 is 0 Å². The smallest absolute Gasteiger partial charge is 0.203 e. The Labute approximate surface area is 175 Å². The van der Waals surface area contributed by atoms with Gasteiger partial charge in [0.15, 0.2) is 0 Å². The second-order valence-corrected chi connectivity index (χ2v) is 8.05. The van der Waals surface area contributed by atoms with Crippen molar-refractivity contribution in [3.8, 4) is 5.69 Å². The van der Waals surface area contributed by atoms with Crippen LogP contribution >= 0.6 is 23.8 Å². The number of benzene rings is 2. The van der Waals surface area contributed by atoms with E-state index in [1.54, 1.807) is 0 Å². The number of aryl methyl sites for hydroxylation is 2. The third-order valence-electron chi connectivity index (χ3n) is 5.33. The molecule has 1 fully saturated rings. The molecule has 0 unspecified atom stereocenters. The first-order chi connectivity index (χ1) is 13.5. The fourth-order valence-electron chi connectivity index (χ4n) is 3.68. The maximum absolute atomic E-state index is 6.19. The van der Waals surface area contributed by atoms with E-state index in [9.17, 15) is 0 Å². The van der Waals surface area contributed by atoms with E-state index >= 15 is 0 Å². The lowest BCUT2D eigenvalue weighted by Crippen LogP contribution is -2.47. The summed E-state index contributed by atoms with van der Waals surface area (Å²) in [5.41, 5.74) is 4.76. The van der Waals surface area contributed by atoms with Crippen LogP contribution in [0.25, 0.3) is 5.69 Å². The molecule has 0 amide bonds. The molecule has 0 spiro atoms. The summed E-state index contributed by atoms with van der Waals surface area (Å²) >= 11 is 11.9. The number of para-hydroxylation sites is 1. The second kappa shape index (κ2) is 8.07. The van der Waals surface area contributed by atoms with Gasteiger partial charge in [0.25, 0.3) is 0 Å². The van der Waals surface area contributed by atoms with E-state index in [-0.39, 0.29) is 0 Å². The Bertz CT molecular complexity index is 1030. The number of hydrogen-bond donors (Lipinski definition) is 0. The largest absolute Gasteiger partial charge is 0.369 e. The molecule has 1 aromatic heterocycles. The van der Waals surface area contributed by atoms with Gasteiger partial charge in [-0.1, -0.05) is 35.9 Å². The first-order valence-electron chi connectivity index (χ1n) is 9.47. The summed E-state index contributed by atoms with van der Waals surface area (Å²) in [6.07, 6.45) is 1.82. The number of aromatic nitrogens is 3. The summed E-state index contributed by atoms with van der Waals surface area (Å²) in [6, 6.07) is 14.3. The van der Waals surface area contributed by atoms with E-state index in [0.717, 1.165) is 41.7 Å². The van der Waals surface area contributed by atoms with Crippen LogP contribution in [0.3, 0.4) is 0 Å². The highest BCUT2D eigenvalue weighted by Crippen LogP contribution is 2.25. The van der Waals surface area contributed by atoms with Crippen LogP contribution in [0.1, 0.15) is 11.1 Å². The predicted octanol–water partition coefficient (Wildman–Crippen LogP) is 4.45. The van der Waals surface area contributed by atoms with Gasteiger partial charge in [0.05, 0.1) is 12.4 Å². The van der Waals surface area contributed by atoms with Gasteiger partial charge in [-0.2, -0.15) is 5.10 Å². The minimum Gasteiger partial charge on any atom is -0.369 e. The van der Waals surface area contributed by atoms with E-state index in [2.05, 4.69) is 53.0 Å². The summed E-state index contributed by atoms with van der Waals surface area (Å²) in [5.74, 6) is 0. The van der Waals surface area contributed by atoms with Crippen LogP contribution in [0.15, 0.2) is 48.8 Å². The summed E-state index contributed by atoms with van der Waals surface area (Å²) in [4.78, 5) is 4.80. The van der Waals surface area contributed by atoms with Crippen LogP contribution in [0.4, 0.5) is 5.69 Å². The van der Waals surface area contributed by atoms with E-state index < -0.39 is 0 Å². The molecule has 2 aromatic carbocycles. The zero-order valence-electron chi connectivity index (χ0n) is 16.2. The van der Waals surface area contributed by atoms with Crippen molar-refractivity contribution >= 4 is 29.5 Å². The highest BCUT2D eigenvalue weighted by Gasteiger charge is 2.19. The van der Waals surface area contributed by atoms with Crippen molar-refractivity contribution in [2.45, 2.75) is 20.5 Å². The molecule has 1 saturated heterocycles. The lowest BCUT2D eigenvalue weighted by Gasteiger charge is -2.36. The molecular formula is C21H24ClN5S. The van der Waals surface area contributed by atoms with Crippen LogP contribution in [-0.2, 0) is 6.67 Å². The molecule has 3 aromatic rings. The van der Waals surface area contributed by atoms with Gasteiger partial charge < -0.3 is 4.90 Å². The lowest BCUT2D eigenvalue weighted by molar-refractivity contribution is 0.194. The highest BCUT2D eigenvalue weighted by atomic mass is 35.5. The monoisotopic (exact) mass is 413 g/mol. The van der Waals surface area contributed by atoms with Crippen molar-refractivity contribution in [3.63, 3.8) is 0 Å². The van der Waals surface area contributed by atoms with E-state index in [4.69, 9.17) is 23.8 Å². The minimum atomic E-state index is 0.708. The molecule has 7 heteroatoms. The Balaban J connectivity index is 1.44. The van der Waals surface area contributed by atoms with Crippen LogP contribution in [0, 0.1) is 18.6 Å². The minimum absolute atomic E-state index is 0.708. The molecule has 0 N–H and O–H groups in total. The number of piperazine rings is 1. The summed E-state index contributed by atoms with van der Waals surface area (Å²) < 4.78 is 4.61. The molecule has 0 aliphatic carbocycles. The first-order valence-corrected chi connectivity index (χ1v) is 10.3. The number of rotatable bonds is 4. The second-order valence-electron chi connectivity index (χ2n) is 7.25.